The van der Waals surface area contributed by atoms with Crippen LogP contribution >= 0.6 is 22.7 Å². The smallest absolute Gasteiger partial charge is 0.123 e. The van der Waals surface area contributed by atoms with E-state index in [2.05, 4.69) is 28.2 Å². The highest BCUT2D eigenvalue weighted by molar-refractivity contribution is 7.11. The molecule has 19 heavy (non-hydrogen) atoms. The van der Waals surface area contributed by atoms with Gasteiger partial charge in [-0.3, -0.25) is 0 Å². The monoisotopic (exact) mass is 289 g/mol. The minimum absolute atomic E-state index is 0.130. The van der Waals surface area contributed by atoms with Crippen molar-refractivity contribution in [1.82, 2.24) is 0 Å². The Morgan fingerprint density at radius 2 is 1.42 bits per heavy atom. The lowest BCUT2D eigenvalue weighted by Gasteiger charge is -2.17. The number of benzene rings is 1. The molecule has 0 amide bonds. The highest BCUT2D eigenvalue weighted by Gasteiger charge is 2.15. The van der Waals surface area contributed by atoms with Gasteiger partial charge in [0.1, 0.15) is 5.82 Å². The maximum Gasteiger partial charge on any atom is 0.123 e. The van der Waals surface area contributed by atoms with Crippen molar-refractivity contribution in [3.8, 4) is 0 Å². The van der Waals surface area contributed by atoms with E-state index >= 15 is 0 Å². The van der Waals surface area contributed by atoms with Gasteiger partial charge in [0.05, 0.1) is 6.04 Å². The van der Waals surface area contributed by atoms with Crippen LogP contribution in [0.4, 0.5) is 10.1 Å². The Morgan fingerprint density at radius 3 is 1.89 bits per heavy atom. The van der Waals surface area contributed by atoms with Gasteiger partial charge in [0.2, 0.25) is 0 Å². The number of nitrogens with one attached hydrogen (secondary N) is 1. The summed E-state index contributed by atoms with van der Waals surface area (Å²) in [6.45, 7) is 0. The first-order valence-electron chi connectivity index (χ1n) is 5.92. The van der Waals surface area contributed by atoms with E-state index in [1.807, 2.05) is 12.1 Å². The van der Waals surface area contributed by atoms with Crippen molar-refractivity contribution >= 4 is 28.4 Å². The van der Waals surface area contributed by atoms with E-state index in [1.165, 1.54) is 21.9 Å². The van der Waals surface area contributed by atoms with E-state index in [9.17, 15) is 4.39 Å². The molecular formula is C15H12FNS2. The summed E-state index contributed by atoms with van der Waals surface area (Å²) in [7, 11) is 0. The maximum absolute atomic E-state index is 12.9. The van der Waals surface area contributed by atoms with Crippen LogP contribution in [0.5, 0.6) is 0 Å². The molecule has 0 saturated carbocycles. The molecule has 0 aliphatic heterocycles. The van der Waals surface area contributed by atoms with Gasteiger partial charge in [-0.25, -0.2) is 4.39 Å². The van der Waals surface area contributed by atoms with E-state index in [4.69, 9.17) is 0 Å². The largest absolute Gasteiger partial charge is 0.373 e. The van der Waals surface area contributed by atoms with Gasteiger partial charge in [-0.05, 0) is 47.2 Å². The van der Waals surface area contributed by atoms with E-state index in [1.54, 1.807) is 34.8 Å². The summed E-state index contributed by atoms with van der Waals surface area (Å²) in [4.78, 5) is 2.51. The molecule has 0 aliphatic rings. The molecule has 0 atom stereocenters. The third kappa shape index (κ3) is 2.85. The zero-order valence-electron chi connectivity index (χ0n) is 10.0. The molecule has 0 saturated heterocycles. The summed E-state index contributed by atoms with van der Waals surface area (Å²) in [5.41, 5.74) is 0.924. The van der Waals surface area contributed by atoms with E-state index in [0.29, 0.717) is 0 Å². The molecule has 96 valence electrons. The number of hydrogen-bond donors (Lipinski definition) is 1. The van der Waals surface area contributed by atoms with Crippen LogP contribution in [0.15, 0.2) is 59.3 Å². The Bertz CT molecular complexity index is 580. The molecular weight excluding hydrogens is 277 g/mol. The molecule has 0 aliphatic carbocycles. The molecule has 2 aromatic heterocycles. The van der Waals surface area contributed by atoms with Gasteiger partial charge in [-0.2, -0.15) is 0 Å². The average Bonchev–Trinajstić information content (AvgIpc) is 3.11. The van der Waals surface area contributed by atoms with Crippen LogP contribution in [0, 0.1) is 5.82 Å². The van der Waals surface area contributed by atoms with Crippen LogP contribution in [-0.2, 0) is 0 Å². The summed E-state index contributed by atoms with van der Waals surface area (Å²) in [5, 5.41) is 7.61. The molecule has 3 aromatic rings. The molecule has 4 heteroatoms. The third-order valence-electron chi connectivity index (χ3n) is 2.81. The maximum atomic E-state index is 12.9. The predicted molar refractivity (Wildman–Crippen MR) is 80.5 cm³/mol. The Hall–Kier alpha value is -1.65. The standard InChI is InChI=1S/C15H12FNS2/c16-11-5-7-12(8-6-11)17-15(13-3-1-9-18-13)14-4-2-10-19-14/h1-10,15,17H. The lowest BCUT2D eigenvalue weighted by atomic mass is 10.2. The molecule has 1 aromatic carbocycles. The second-order valence-electron chi connectivity index (χ2n) is 4.12. The van der Waals surface area contributed by atoms with E-state index in [0.717, 1.165) is 5.69 Å². The Morgan fingerprint density at radius 1 is 0.842 bits per heavy atom. The summed E-state index contributed by atoms with van der Waals surface area (Å²) >= 11 is 3.44. The van der Waals surface area contributed by atoms with Crippen molar-refractivity contribution in [2.45, 2.75) is 6.04 Å². The normalized spacial score (nSPS) is 10.8. The molecule has 0 fully saturated rings. The fraction of sp³-hybridized carbons (Fsp3) is 0.0667. The molecule has 0 bridgehead atoms. The first kappa shape index (κ1) is 12.4. The number of thiophene rings is 2. The number of hydrogen-bond acceptors (Lipinski definition) is 3. The quantitative estimate of drug-likeness (QED) is 0.700. The molecule has 0 unspecified atom stereocenters. The van der Waals surface area contributed by atoms with Crippen LogP contribution < -0.4 is 5.32 Å². The van der Waals surface area contributed by atoms with E-state index in [-0.39, 0.29) is 11.9 Å². The summed E-state index contributed by atoms with van der Waals surface area (Å²) in [6.07, 6.45) is 0. The van der Waals surface area contributed by atoms with Crippen molar-refractivity contribution in [3.05, 3.63) is 74.9 Å². The van der Waals surface area contributed by atoms with Crippen LogP contribution in [-0.4, -0.2) is 0 Å². The number of halogens is 1. The summed E-state index contributed by atoms with van der Waals surface area (Å²) in [5.74, 6) is -0.214. The fourth-order valence-corrected chi connectivity index (χ4v) is 3.57. The summed E-state index contributed by atoms with van der Waals surface area (Å²) < 4.78 is 12.9. The Balaban J connectivity index is 1.90. The van der Waals surface area contributed by atoms with Gasteiger partial charge in [0.15, 0.2) is 0 Å². The Kier molecular flexibility index (Phi) is 3.62. The first-order valence-corrected chi connectivity index (χ1v) is 7.68. The third-order valence-corrected chi connectivity index (χ3v) is 4.68. The van der Waals surface area contributed by atoms with Crippen molar-refractivity contribution in [3.63, 3.8) is 0 Å². The second-order valence-corrected chi connectivity index (χ2v) is 6.07. The van der Waals surface area contributed by atoms with Crippen molar-refractivity contribution in [2.75, 3.05) is 5.32 Å². The highest BCUT2D eigenvalue weighted by atomic mass is 32.1. The molecule has 0 radical (unpaired) electrons. The minimum Gasteiger partial charge on any atom is -0.373 e. The van der Waals surface area contributed by atoms with Crippen LogP contribution in [0.25, 0.3) is 0 Å². The van der Waals surface area contributed by atoms with Gasteiger partial charge in [-0.15, -0.1) is 22.7 Å². The van der Waals surface area contributed by atoms with E-state index < -0.39 is 0 Å². The Labute approximate surface area is 119 Å². The molecule has 2 heterocycles. The summed E-state index contributed by atoms with van der Waals surface area (Å²) in [6, 6.07) is 14.9. The molecule has 1 nitrogen and oxygen atoms in total. The van der Waals surface area contributed by atoms with Gasteiger partial charge < -0.3 is 5.32 Å². The molecule has 1 N–H and O–H groups in total. The van der Waals surface area contributed by atoms with Crippen LogP contribution in [0.3, 0.4) is 0 Å². The predicted octanol–water partition coefficient (Wildman–Crippen LogP) is 5.15. The number of rotatable bonds is 4. The minimum atomic E-state index is -0.214. The zero-order chi connectivity index (χ0) is 13.1. The second kappa shape index (κ2) is 5.55. The highest BCUT2D eigenvalue weighted by Crippen LogP contribution is 2.32. The van der Waals surface area contributed by atoms with Crippen molar-refractivity contribution in [1.29, 1.82) is 0 Å². The molecule has 3 rings (SSSR count). The number of anilines is 1. The fourth-order valence-electron chi connectivity index (χ4n) is 1.91. The topological polar surface area (TPSA) is 12.0 Å². The van der Waals surface area contributed by atoms with Gasteiger partial charge in [0, 0.05) is 15.4 Å². The van der Waals surface area contributed by atoms with Gasteiger partial charge >= 0.3 is 0 Å². The lowest BCUT2D eigenvalue weighted by molar-refractivity contribution is 0.628. The van der Waals surface area contributed by atoms with Gasteiger partial charge in [0.25, 0.3) is 0 Å². The molecule has 0 spiro atoms. The zero-order valence-corrected chi connectivity index (χ0v) is 11.7. The first-order chi connectivity index (χ1) is 9.33. The van der Waals surface area contributed by atoms with Crippen LogP contribution in [0.1, 0.15) is 15.8 Å². The average molecular weight is 289 g/mol. The SMILES string of the molecule is Fc1ccc(NC(c2cccs2)c2cccs2)cc1. The van der Waals surface area contributed by atoms with Gasteiger partial charge in [-0.1, -0.05) is 12.1 Å². The lowest BCUT2D eigenvalue weighted by Crippen LogP contribution is -2.09. The van der Waals surface area contributed by atoms with Crippen molar-refractivity contribution < 1.29 is 4.39 Å². The van der Waals surface area contributed by atoms with Crippen molar-refractivity contribution in [2.24, 2.45) is 0 Å². The van der Waals surface area contributed by atoms with Crippen LogP contribution in [0.2, 0.25) is 0 Å².